The molecule has 0 amide bonds. The number of aromatic nitrogens is 2. The zero-order chi connectivity index (χ0) is 18.0. The number of ether oxygens (including phenoxy) is 1. The molecule has 0 aliphatic carbocycles. The zero-order valence-corrected chi connectivity index (χ0v) is 15.9. The first-order valence-electron chi connectivity index (χ1n) is 7.51. The quantitative estimate of drug-likeness (QED) is 0.478. The van der Waals surface area contributed by atoms with E-state index in [0.29, 0.717) is 15.1 Å². The average molecular weight is 394 g/mol. The van der Waals surface area contributed by atoms with Gasteiger partial charge in [0.05, 0.1) is 35.5 Å². The van der Waals surface area contributed by atoms with Crippen molar-refractivity contribution in [1.82, 2.24) is 9.78 Å². The predicted molar refractivity (Wildman–Crippen MR) is 105 cm³/mol. The molecule has 0 fully saturated rings. The molecular formula is C19H15Cl3N2O. The number of benzene rings is 2. The van der Waals surface area contributed by atoms with Crippen molar-refractivity contribution < 1.29 is 4.74 Å². The highest BCUT2D eigenvalue weighted by Gasteiger charge is 2.18. The lowest BCUT2D eigenvalue weighted by atomic mass is 10.1. The van der Waals surface area contributed by atoms with Gasteiger partial charge in [-0.1, -0.05) is 46.9 Å². The van der Waals surface area contributed by atoms with Crippen LogP contribution in [0.1, 0.15) is 11.3 Å². The molecule has 0 bridgehead atoms. The summed E-state index contributed by atoms with van der Waals surface area (Å²) in [6.45, 7) is 2.01. The van der Waals surface area contributed by atoms with Gasteiger partial charge in [-0.3, -0.25) is 0 Å². The van der Waals surface area contributed by atoms with Crippen LogP contribution in [0.25, 0.3) is 23.0 Å². The van der Waals surface area contributed by atoms with Gasteiger partial charge in [-0.2, -0.15) is 5.10 Å². The summed E-state index contributed by atoms with van der Waals surface area (Å²) in [6, 6.07) is 12.9. The summed E-state index contributed by atoms with van der Waals surface area (Å²) in [4.78, 5) is 0. The van der Waals surface area contributed by atoms with Crippen molar-refractivity contribution in [2.75, 3.05) is 7.11 Å². The van der Waals surface area contributed by atoms with Crippen LogP contribution in [0.5, 0.6) is 0 Å². The first-order valence-corrected chi connectivity index (χ1v) is 8.65. The first-order chi connectivity index (χ1) is 12.0. The number of halogens is 3. The Morgan fingerprint density at radius 1 is 1.00 bits per heavy atom. The van der Waals surface area contributed by atoms with Crippen molar-refractivity contribution in [3.05, 3.63) is 75.1 Å². The van der Waals surface area contributed by atoms with Gasteiger partial charge < -0.3 is 4.74 Å². The lowest BCUT2D eigenvalue weighted by Crippen LogP contribution is -2.00. The Balaban J connectivity index is 2.25. The minimum absolute atomic E-state index is 0.521. The molecule has 6 heteroatoms. The second-order valence-electron chi connectivity index (χ2n) is 5.41. The molecule has 1 aromatic heterocycles. The van der Waals surface area contributed by atoms with Gasteiger partial charge in [0.15, 0.2) is 0 Å². The lowest BCUT2D eigenvalue weighted by Gasteiger charge is -2.11. The van der Waals surface area contributed by atoms with Crippen molar-refractivity contribution in [1.29, 1.82) is 0 Å². The van der Waals surface area contributed by atoms with E-state index in [0.717, 1.165) is 28.2 Å². The molecule has 25 heavy (non-hydrogen) atoms. The second-order valence-corrected chi connectivity index (χ2v) is 6.69. The van der Waals surface area contributed by atoms with Gasteiger partial charge in [0, 0.05) is 27.2 Å². The van der Waals surface area contributed by atoms with Gasteiger partial charge in [-0.15, -0.1) is 0 Å². The summed E-state index contributed by atoms with van der Waals surface area (Å²) in [6.07, 6.45) is 3.41. The maximum Gasteiger partial charge on any atom is 0.0921 e. The Morgan fingerprint density at radius 3 is 2.32 bits per heavy atom. The van der Waals surface area contributed by atoms with Crippen LogP contribution >= 0.6 is 34.8 Å². The largest absolute Gasteiger partial charge is 0.504 e. The van der Waals surface area contributed by atoms with E-state index in [1.54, 1.807) is 25.5 Å². The third kappa shape index (κ3) is 3.69. The molecule has 3 aromatic rings. The fourth-order valence-corrected chi connectivity index (χ4v) is 3.19. The van der Waals surface area contributed by atoms with E-state index in [4.69, 9.17) is 44.6 Å². The molecule has 128 valence electrons. The first kappa shape index (κ1) is 17.9. The molecule has 0 atom stereocenters. The second kappa shape index (κ2) is 7.52. The third-order valence-electron chi connectivity index (χ3n) is 3.78. The number of hydrogen-bond donors (Lipinski definition) is 0. The number of hydrogen-bond acceptors (Lipinski definition) is 2. The summed E-state index contributed by atoms with van der Waals surface area (Å²) in [5, 5.41) is 6.47. The van der Waals surface area contributed by atoms with Crippen LogP contribution in [0.2, 0.25) is 15.1 Å². The monoisotopic (exact) mass is 392 g/mol. The van der Waals surface area contributed by atoms with Crippen LogP contribution in [0.4, 0.5) is 0 Å². The normalized spacial score (nSPS) is 11.2. The maximum absolute atomic E-state index is 6.41. The van der Waals surface area contributed by atoms with E-state index in [-0.39, 0.29) is 0 Å². The minimum Gasteiger partial charge on any atom is -0.504 e. The third-order valence-corrected chi connectivity index (χ3v) is 4.57. The van der Waals surface area contributed by atoms with E-state index >= 15 is 0 Å². The standard InChI is InChI=1S/C19H15Cl3N2O/c1-12-17(9-10-25-2)23-24(18-8-7-15(21)11-16(18)22)19(12)13-3-5-14(20)6-4-13/h3-11H,1-2H3. The molecule has 0 aliphatic rings. The smallest absolute Gasteiger partial charge is 0.0921 e. The Kier molecular flexibility index (Phi) is 5.38. The zero-order valence-electron chi connectivity index (χ0n) is 13.6. The van der Waals surface area contributed by atoms with E-state index < -0.39 is 0 Å². The SMILES string of the molecule is COC=Cc1nn(-c2ccc(Cl)cc2Cl)c(-c2ccc(Cl)cc2)c1C. The van der Waals surface area contributed by atoms with Gasteiger partial charge in [-0.05, 0) is 37.3 Å². The summed E-state index contributed by atoms with van der Waals surface area (Å²) >= 11 is 18.5. The van der Waals surface area contributed by atoms with E-state index in [2.05, 4.69) is 0 Å². The van der Waals surface area contributed by atoms with Crippen LogP contribution < -0.4 is 0 Å². The van der Waals surface area contributed by atoms with Crippen LogP contribution in [-0.4, -0.2) is 16.9 Å². The molecule has 0 unspecified atom stereocenters. The van der Waals surface area contributed by atoms with Crippen molar-refractivity contribution in [3.8, 4) is 16.9 Å². The molecule has 0 N–H and O–H groups in total. The molecule has 0 saturated carbocycles. The Bertz CT molecular complexity index is 931. The van der Waals surface area contributed by atoms with Gasteiger partial charge >= 0.3 is 0 Å². The summed E-state index contributed by atoms with van der Waals surface area (Å²) in [5.41, 5.74) is 4.45. The van der Waals surface area contributed by atoms with Gasteiger partial charge in [0.2, 0.25) is 0 Å². The average Bonchev–Trinajstić information content (AvgIpc) is 2.90. The number of nitrogens with zero attached hydrogens (tertiary/aromatic N) is 2. The number of rotatable bonds is 4. The molecular weight excluding hydrogens is 379 g/mol. The molecule has 3 nitrogen and oxygen atoms in total. The van der Waals surface area contributed by atoms with Crippen molar-refractivity contribution >= 4 is 40.9 Å². The fraction of sp³-hybridized carbons (Fsp3) is 0.105. The fourth-order valence-electron chi connectivity index (χ4n) is 2.58. The van der Waals surface area contributed by atoms with Gasteiger partial charge in [-0.25, -0.2) is 4.68 Å². The molecule has 0 radical (unpaired) electrons. The van der Waals surface area contributed by atoms with E-state index in [1.165, 1.54) is 0 Å². The number of methoxy groups -OCH3 is 1. The van der Waals surface area contributed by atoms with Crippen LogP contribution in [0.15, 0.2) is 48.7 Å². The van der Waals surface area contributed by atoms with Crippen LogP contribution in [0, 0.1) is 6.92 Å². The molecule has 2 aromatic carbocycles. The Hall–Kier alpha value is -1.94. The summed E-state index contributed by atoms with van der Waals surface area (Å²) < 4.78 is 6.84. The van der Waals surface area contributed by atoms with Crippen LogP contribution in [-0.2, 0) is 4.74 Å². The van der Waals surface area contributed by atoms with Gasteiger partial charge in [0.1, 0.15) is 0 Å². The van der Waals surface area contributed by atoms with Gasteiger partial charge in [0.25, 0.3) is 0 Å². The highest BCUT2D eigenvalue weighted by molar-refractivity contribution is 6.35. The highest BCUT2D eigenvalue weighted by Crippen LogP contribution is 2.33. The lowest BCUT2D eigenvalue weighted by molar-refractivity contribution is 0.341. The Labute approximate surface area is 161 Å². The molecule has 3 rings (SSSR count). The molecule has 0 saturated heterocycles. The minimum atomic E-state index is 0.521. The van der Waals surface area contributed by atoms with E-state index in [1.807, 2.05) is 48.0 Å². The topological polar surface area (TPSA) is 27.1 Å². The van der Waals surface area contributed by atoms with Crippen molar-refractivity contribution in [2.24, 2.45) is 0 Å². The summed E-state index contributed by atoms with van der Waals surface area (Å²) in [5.74, 6) is 0. The predicted octanol–water partition coefficient (Wildman–Crippen LogP) is 6.43. The van der Waals surface area contributed by atoms with Crippen molar-refractivity contribution in [2.45, 2.75) is 6.92 Å². The van der Waals surface area contributed by atoms with E-state index in [9.17, 15) is 0 Å². The summed E-state index contributed by atoms with van der Waals surface area (Å²) in [7, 11) is 1.60. The highest BCUT2D eigenvalue weighted by atomic mass is 35.5. The maximum atomic E-state index is 6.41. The van der Waals surface area contributed by atoms with Crippen LogP contribution in [0.3, 0.4) is 0 Å². The Morgan fingerprint density at radius 2 is 1.68 bits per heavy atom. The molecule has 0 spiro atoms. The molecule has 1 heterocycles. The van der Waals surface area contributed by atoms with Crippen molar-refractivity contribution in [3.63, 3.8) is 0 Å². The molecule has 0 aliphatic heterocycles.